The van der Waals surface area contributed by atoms with E-state index in [1.54, 1.807) is 14.2 Å². The smallest absolute Gasteiger partial charge is 0.224 e. The molecule has 1 amide bonds. The second-order valence-corrected chi connectivity index (χ2v) is 6.04. The molecule has 0 aromatic heterocycles. The van der Waals surface area contributed by atoms with Crippen molar-refractivity contribution in [3.8, 4) is 11.5 Å². The van der Waals surface area contributed by atoms with Gasteiger partial charge in [0.05, 0.1) is 14.2 Å². The largest absolute Gasteiger partial charge is 0.497 e. The molecule has 0 aliphatic carbocycles. The van der Waals surface area contributed by atoms with Gasteiger partial charge in [-0.05, 0) is 56.0 Å². The first-order valence-corrected chi connectivity index (χ1v) is 8.02. The number of benzene rings is 2. The summed E-state index contributed by atoms with van der Waals surface area (Å²) in [6, 6.07) is 9.84. The van der Waals surface area contributed by atoms with Crippen molar-refractivity contribution in [1.29, 1.82) is 0 Å². The van der Waals surface area contributed by atoms with Crippen molar-refractivity contribution in [3.05, 3.63) is 52.6 Å². The average molecular weight is 327 g/mol. The molecule has 24 heavy (non-hydrogen) atoms. The highest BCUT2D eigenvalue weighted by Gasteiger charge is 2.09. The number of amides is 1. The van der Waals surface area contributed by atoms with Crippen LogP contribution in [0.25, 0.3) is 0 Å². The molecular weight excluding hydrogens is 302 g/mol. The van der Waals surface area contributed by atoms with Crippen LogP contribution in [-0.4, -0.2) is 20.1 Å². The Hall–Kier alpha value is -2.49. The van der Waals surface area contributed by atoms with Crippen LogP contribution >= 0.6 is 0 Å². The molecule has 2 aromatic carbocycles. The Morgan fingerprint density at radius 3 is 1.96 bits per heavy atom. The minimum atomic E-state index is 0.00633. The van der Waals surface area contributed by atoms with E-state index in [1.807, 2.05) is 32.0 Å². The molecule has 0 atom stereocenters. The van der Waals surface area contributed by atoms with Gasteiger partial charge in [-0.15, -0.1) is 0 Å². The van der Waals surface area contributed by atoms with E-state index in [1.165, 1.54) is 5.56 Å². The molecule has 0 bridgehead atoms. The number of carbonyl (C=O) groups excluding carboxylic acids is 1. The lowest BCUT2D eigenvalue weighted by Gasteiger charge is -2.13. The maximum Gasteiger partial charge on any atom is 0.224 e. The molecule has 2 aromatic rings. The predicted molar refractivity (Wildman–Crippen MR) is 97.1 cm³/mol. The number of nitrogens with one attached hydrogen (secondary N) is 1. The predicted octanol–water partition coefficient (Wildman–Crippen LogP) is 4.20. The molecule has 0 aliphatic rings. The normalized spacial score (nSPS) is 10.4. The highest BCUT2D eigenvalue weighted by molar-refractivity contribution is 5.92. The standard InChI is InChI=1S/C20H25NO3/c1-13-8-14(2)20(15(3)9-13)21-19(22)7-6-16-10-17(23-4)12-18(11-16)24-5/h8-12H,6-7H2,1-5H3,(H,21,22). The van der Waals surface area contributed by atoms with Gasteiger partial charge in [-0.3, -0.25) is 4.79 Å². The van der Waals surface area contributed by atoms with Crippen LogP contribution in [0.15, 0.2) is 30.3 Å². The SMILES string of the molecule is COc1cc(CCC(=O)Nc2c(C)cc(C)cc2C)cc(OC)c1. The second-order valence-electron chi connectivity index (χ2n) is 6.04. The van der Waals surface area contributed by atoms with E-state index >= 15 is 0 Å². The number of carbonyl (C=O) groups is 1. The molecule has 0 aliphatic heterocycles. The van der Waals surface area contributed by atoms with Gasteiger partial charge in [-0.25, -0.2) is 0 Å². The van der Waals surface area contributed by atoms with Crippen molar-refractivity contribution in [3.63, 3.8) is 0 Å². The van der Waals surface area contributed by atoms with Crippen LogP contribution in [0.1, 0.15) is 28.7 Å². The third kappa shape index (κ3) is 4.51. The van der Waals surface area contributed by atoms with Gasteiger partial charge in [0.1, 0.15) is 11.5 Å². The number of anilines is 1. The van der Waals surface area contributed by atoms with Crippen LogP contribution < -0.4 is 14.8 Å². The molecule has 0 saturated heterocycles. The van der Waals surface area contributed by atoms with Crippen LogP contribution in [0.5, 0.6) is 11.5 Å². The van der Waals surface area contributed by atoms with E-state index in [4.69, 9.17) is 9.47 Å². The zero-order valence-electron chi connectivity index (χ0n) is 15.0. The highest BCUT2D eigenvalue weighted by atomic mass is 16.5. The fourth-order valence-corrected chi connectivity index (χ4v) is 2.85. The molecule has 0 fully saturated rings. The summed E-state index contributed by atoms with van der Waals surface area (Å²) in [7, 11) is 3.24. The number of hydrogen-bond donors (Lipinski definition) is 1. The first kappa shape index (κ1) is 17.9. The van der Waals surface area contributed by atoms with E-state index < -0.39 is 0 Å². The van der Waals surface area contributed by atoms with E-state index in [0.29, 0.717) is 12.8 Å². The number of ether oxygens (including phenoxy) is 2. The van der Waals surface area contributed by atoms with Crippen molar-refractivity contribution in [2.45, 2.75) is 33.6 Å². The molecular formula is C20H25NO3. The molecule has 0 heterocycles. The van der Waals surface area contributed by atoms with Crippen LogP contribution in [0.4, 0.5) is 5.69 Å². The third-order valence-corrected chi connectivity index (χ3v) is 3.99. The average Bonchev–Trinajstić information content (AvgIpc) is 2.55. The van der Waals surface area contributed by atoms with Crippen molar-refractivity contribution in [1.82, 2.24) is 0 Å². The van der Waals surface area contributed by atoms with E-state index in [-0.39, 0.29) is 5.91 Å². The monoisotopic (exact) mass is 327 g/mol. The molecule has 0 unspecified atom stereocenters. The van der Waals surface area contributed by atoms with E-state index in [9.17, 15) is 4.79 Å². The molecule has 1 N–H and O–H groups in total. The molecule has 4 nitrogen and oxygen atoms in total. The van der Waals surface area contributed by atoms with Crippen molar-refractivity contribution in [2.75, 3.05) is 19.5 Å². The van der Waals surface area contributed by atoms with Crippen LogP contribution in [-0.2, 0) is 11.2 Å². The number of rotatable bonds is 6. The van der Waals surface area contributed by atoms with Gasteiger partial charge in [0.25, 0.3) is 0 Å². The van der Waals surface area contributed by atoms with Crippen LogP contribution in [0, 0.1) is 20.8 Å². The summed E-state index contributed by atoms with van der Waals surface area (Å²) in [4.78, 5) is 12.3. The van der Waals surface area contributed by atoms with Gasteiger partial charge >= 0.3 is 0 Å². The Morgan fingerprint density at radius 1 is 0.917 bits per heavy atom. The maximum absolute atomic E-state index is 12.3. The summed E-state index contributed by atoms with van der Waals surface area (Å²) in [6.45, 7) is 6.09. The van der Waals surface area contributed by atoms with Crippen LogP contribution in [0.2, 0.25) is 0 Å². The lowest BCUT2D eigenvalue weighted by molar-refractivity contribution is -0.116. The molecule has 0 radical (unpaired) electrons. The fraction of sp³-hybridized carbons (Fsp3) is 0.350. The minimum Gasteiger partial charge on any atom is -0.497 e. The number of methoxy groups -OCH3 is 2. The summed E-state index contributed by atoms with van der Waals surface area (Å²) in [6.07, 6.45) is 1.03. The summed E-state index contributed by atoms with van der Waals surface area (Å²) < 4.78 is 10.5. The van der Waals surface area contributed by atoms with Crippen molar-refractivity contribution < 1.29 is 14.3 Å². The zero-order chi connectivity index (χ0) is 17.7. The maximum atomic E-state index is 12.3. The quantitative estimate of drug-likeness (QED) is 0.865. The highest BCUT2D eigenvalue weighted by Crippen LogP contribution is 2.24. The minimum absolute atomic E-state index is 0.00633. The Balaban J connectivity index is 2.04. The lowest BCUT2D eigenvalue weighted by Crippen LogP contribution is -2.14. The summed E-state index contributed by atoms with van der Waals surface area (Å²) in [5.41, 5.74) is 5.30. The Bertz CT molecular complexity index is 692. The van der Waals surface area contributed by atoms with Crippen molar-refractivity contribution >= 4 is 11.6 Å². The van der Waals surface area contributed by atoms with E-state index in [0.717, 1.165) is 33.9 Å². The van der Waals surface area contributed by atoms with Gasteiger partial charge in [0, 0.05) is 18.2 Å². The molecule has 0 spiro atoms. The molecule has 128 valence electrons. The lowest BCUT2D eigenvalue weighted by atomic mass is 10.0. The molecule has 4 heteroatoms. The topological polar surface area (TPSA) is 47.6 Å². The van der Waals surface area contributed by atoms with Gasteiger partial charge in [0.15, 0.2) is 0 Å². The Morgan fingerprint density at radius 2 is 1.46 bits per heavy atom. The van der Waals surface area contributed by atoms with Crippen LogP contribution in [0.3, 0.4) is 0 Å². The van der Waals surface area contributed by atoms with Crippen molar-refractivity contribution in [2.24, 2.45) is 0 Å². The molecule has 0 saturated carbocycles. The molecule has 2 rings (SSSR count). The first-order chi connectivity index (χ1) is 11.4. The first-order valence-electron chi connectivity index (χ1n) is 8.02. The second kappa shape index (κ2) is 7.86. The Kier molecular flexibility index (Phi) is 5.85. The van der Waals surface area contributed by atoms with Gasteiger partial charge < -0.3 is 14.8 Å². The Labute approximate surface area is 143 Å². The van der Waals surface area contributed by atoms with Gasteiger partial charge in [-0.1, -0.05) is 17.7 Å². The number of aryl methyl sites for hydroxylation is 4. The summed E-state index contributed by atoms with van der Waals surface area (Å²) in [5, 5.41) is 3.03. The van der Waals surface area contributed by atoms with Gasteiger partial charge in [0.2, 0.25) is 5.91 Å². The van der Waals surface area contributed by atoms with Gasteiger partial charge in [-0.2, -0.15) is 0 Å². The summed E-state index contributed by atoms with van der Waals surface area (Å²) in [5.74, 6) is 1.47. The fourth-order valence-electron chi connectivity index (χ4n) is 2.85. The van der Waals surface area contributed by atoms with E-state index in [2.05, 4.69) is 24.4 Å². The number of hydrogen-bond acceptors (Lipinski definition) is 3. The third-order valence-electron chi connectivity index (χ3n) is 3.99. The zero-order valence-corrected chi connectivity index (χ0v) is 15.0. The summed E-state index contributed by atoms with van der Waals surface area (Å²) >= 11 is 0.